The van der Waals surface area contributed by atoms with Gasteiger partial charge in [-0.05, 0) is 36.2 Å². The lowest BCUT2D eigenvalue weighted by Crippen LogP contribution is -1.84. The Morgan fingerprint density at radius 1 is 0.952 bits per heavy atom. The van der Waals surface area contributed by atoms with Crippen LogP contribution in [-0.2, 0) is 11.2 Å². The smallest absolute Gasteiger partial charge is 0.300 e. The number of carbonyl (C=O) groups is 1. The molecule has 2 aromatic carbocycles. The van der Waals surface area contributed by atoms with Gasteiger partial charge in [0.1, 0.15) is 11.5 Å². The molecule has 0 aromatic heterocycles. The highest BCUT2D eigenvalue weighted by molar-refractivity contribution is 5.62. The van der Waals surface area contributed by atoms with Crippen LogP contribution in [0, 0.1) is 0 Å². The van der Waals surface area contributed by atoms with Crippen LogP contribution in [0.5, 0.6) is 11.5 Å². The van der Waals surface area contributed by atoms with Crippen LogP contribution in [-0.4, -0.2) is 23.3 Å². The highest BCUT2D eigenvalue weighted by Gasteiger charge is 1.95. The normalized spacial score (nSPS) is 8.57. The van der Waals surface area contributed by atoms with E-state index < -0.39 is 5.97 Å². The van der Waals surface area contributed by atoms with Gasteiger partial charge in [0.15, 0.2) is 0 Å². The summed E-state index contributed by atoms with van der Waals surface area (Å²) in [6.07, 6.45) is 1.06. The van der Waals surface area contributed by atoms with Gasteiger partial charge in [-0.15, -0.1) is 0 Å². The average Bonchev–Trinajstić information content (AvgIpc) is 2.50. The second-order valence-corrected chi connectivity index (χ2v) is 3.93. The van der Waals surface area contributed by atoms with E-state index in [1.807, 2.05) is 42.5 Å². The van der Waals surface area contributed by atoms with Gasteiger partial charge in [-0.3, -0.25) is 4.79 Å². The fraction of sp³-hybridized carbons (Fsp3) is 0.235. The lowest BCUT2D eigenvalue weighted by atomic mass is 10.2. The minimum Gasteiger partial charge on any atom is -0.481 e. The summed E-state index contributed by atoms with van der Waals surface area (Å²) < 4.78 is 5.68. The van der Waals surface area contributed by atoms with Crippen LogP contribution in [0.25, 0.3) is 0 Å². The van der Waals surface area contributed by atoms with Crippen molar-refractivity contribution in [3.05, 3.63) is 60.2 Å². The number of benzene rings is 2. The van der Waals surface area contributed by atoms with E-state index in [1.165, 1.54) is 5.56 Å². The number of hydrogen-bond donors (Lipinski definition) is 2. The first-order valence-electron chi connectivity index (χ1n) is 6.58. The van der Waals surface area contributed by atoms with Gasteiger partial charge in [0.25, 0.3) is 5.97 Å². The fourth-order valence-electron chi connectivity index (χ4n) is 1.42. The maximum Gasteiger partial charge on any atom is 0.300 e. The van der Waals surface area contributed by atoms with Gasteiger partial charge in [0, 0.05) is 14.0 Å². The zero-order valence-electron chi connectivity index (χ0n) is 12.6. The summed E-state index contributed by atoms with van der Waals surface area (Å²) in [7, 11) is 1.00. The Labute approximate surface area is 125 Å². The van der Waals surface area contributed by atoms with Crippen molar-refractivity contribution in [1.82, 2.24) is 0 Å². The molecule has 0 saturated carbocycles. The SMILES string of the molecule is CC(=O)O.CCc1ccc(Oc2ccccc2)cc1.CO. The third-order valence-corrected chi connectivity index (χ3v) is 2.31. The molecule has 21 heavy (non-hydrogen) atoms. The zero-order valence-corrected chi connectivity index (χ0v) is 12.6. The summed E-state index contributed by atoms with van der Waals surface area (Å²) in [6.45, 7) is 3.23. The zero-order chi connectivity index (χ0) is 16.1. The Kier molecular flexibility index (Phi) is 10.2. The molecule has 0 fully saturated rings. The number of carboxylic acids is 1. The molecule has 2 aromatic rings. The third kappa shape index (κ3) is 9.24. The van der Waals surface area contributed by atoms with Gasteiger partial charge in [0.05, 0.1) is 0 Å². The Morgan fingerprint density at radius 3 is 1.81 bits per heavy atom. The number of para-hydroxylation sites is 1. The van der Waals surface area contributed by atoms with Gasteiger partial charge in [-0.2, -0.15) is 0 Å². The molecule has 114 valence electrons. The van der Waals surface area contributed by atoms with Gasteiger partial charge >= 0.3 is 0 Å². The largest absolute Gasteiger partial charge is 0.481 e. The van der Waals surface area contributed by atoms with Crippen molar-refractivity contribution >= 4 is 5.97 Å². The number of aliphatic hydroxyl groups excluding tert-OH is 1. The molecule has 0 saturated heterocycles. The van der Waals surface area contributed by atoms with E-state index in [1.54, 1.807) is 0 Å². The molecule has 0 heterocycles. The molecule has 2 rings (SSSR count). The van der Waals surface area contributed by atoms with Crippen molar-refractivity contribution in [1.29, 1.82) is 0 Å². The molecule has 0 aliphatic carbocycles. The third-order valence-electron chi connectivity index (χ3n) is 2.31. The maximum atomic E-state index is 9.00. The molecule has 0 spiro atoms. The molecule has 0 aliphatic heterocycles. The standard InChI is InChI=1S/C14H14O.C2H4O2.CH4O/c1-2-12-8-10-14(11-9-12)15-13-6-4-3-5-7-13;1-2(3)4;1-2/h3-11H,2H2,1H3;1H3,(H,3,4);2H,1H3. The Morgan fingerprint density at radius 2 is 1.38 bits per heavy atom. The van der Waals surface area contributed by atoms with Crippen LogP contribution < -0.4 is 4.74 Å². The number of hydrogen-bond acceptors (Lipinski definition) is 3. The molecule has 4 heteroatoms. The second-order valence-electron chi connectivity index (χ2n) is 3.93. The van der Waals surface area contributed by atoms with Crippen molar-refractivity contribution in [2.24, 2.45) is 0 Å². The van der Waals surface area contributed by atoms with Crippen LogP contribution >= 0.6 is 0 Å². The molecule has 0 aliphatic rings. The molecule has 0 unspecified atom stereocenters. The van der Waals surface area contributed by atoms with Gasteiger partial charge in [0.2, 0.25) is 0 Å². The second kappa shape index (κ2) is 11.5. The molecular formula is C17H22O4. The van der Waals surface area contributed by atoms with E-state index in [4.69, 9.17) is 19.7 Å². The van der Waals surface area contributed by atoms with Crippen molar-refractivity contribution in [2.75, 3.05) is 7.11 Å². The number of carboxylic acid groups (broad SMARTS) is 1. The number of aliphatic carboxylic acids is 1. The van der Waals surface area contributed by atoms with E-state index in [0.29, 0.717) is 0 Å². The molecule has 0 radical (unpaired) electrons. The maximum absolute atomic E-state index is 9.00. The summed E-state index contributed by atoms with van der Waals surface area (Å²) in [5.41, 5.74) is 1.33. The van der Waals surface area contributed by atoms with Crippen LogP contribution in [0.3, 0.4) is 0 Å². The quantitative estimate of drug-likeness (QED) is 0.903. The Bertz CT molecular complexity index is 488. The summed E-state index contributed by atoms with van der Waals surface area (Å²) in [6, 6.07) is 18.0. The lowest BCUT2D eigenvalue weighted by molar-refractivity contribution is -0.134. The summed E-state index contributed by atoms with van der Waals surface area (Å²) in [4.78, 5) is 9.00. The monoisotopic (exact) mass is 290 g/mol. The average molecular weight is 290 g/mol. The Balaban J connectivity index is 0.000000579. The summed E-state index contributed by atoms with van der Waals surface area (Å²) >= 11 is 0. The predicted molar refractivity (Wildman–Crippen MR) is 83.8 cm³/mol. The minimum atomic E-state index is -0.833. The molecule has 2 N–H and O–H groups in total. The highest BCUT2D eigenvalue weighted by Crippen LogP contribution is 2.20. The van der Waals surface area contributed by atoms with E-state index in [2.05, 4.69) is 19.1 Å². The highest BCUT2D eigenvalue weighted by atomic mass is 16.5. The first-order chi connectivity index (χ1) is 10.1. The van der Waals surface area contributed by atoms with Crippen LogP contribution in [0.1, 0.15) is 19.4 Å². The lowest BCUT2D eigenvalue weighted by Gasteiger charge is -2.05. The predicted octanol–water partition coefficient (Wildman–Crippen LogP) is 3.74. The van der Waals surface area contributed by atoms with E-state index >= 15 is 0 Å². The minimum absolute atomic E-state index is 0.833. The van der Waals surface area contributed by atoms with Gasteiger partial charge in [-0.25, -0.2) is 0 Å². The topological polar surface area (TPSA) is 66.8 Å². The first-order valence-corrected chi connectivity index (χ1v) is 6.58. The van der Waals surface area contributed by atoms with E-state index in [0.717, 1.165) is 32.0 Å². The van der Waals surface area contributed by atoms with Gasteiger partial charge < -0.3 is 14.9 Å². The number of aryl methyl sites for hydroxylation is 1. The van der Waals surface area contributed by atoms with E-state index in [-0.39, 0.29) is 0 Å². The first kappa shape index (κ1) is 18.7. The van der Waals surface area contributed by atoms with Crippen molar-refractivity contribution < 1.29 is 19.7 Å². The molecule has 0 bridgehead atoms. The van der Waals surface area contributed by atoms with Crippen molar-refractivity contribution in [3.8, 4) is 11.5 Å². The molecule has 4 nitrogen and oxygen atoms in total. The van der Waals surface area contributed by atoms with Gasteiger partial charge in [-0.1, -0.05) is 37.3 Å². The van der Waals surface area contributed by atoms with Crippen molar-refractivity contribution in [3.63, 3.8) is 0 Å². The van der Waals surface area contributed by atoms with Crippen LogP contribution in [0.2, 0.25) is 0 Å². The van der Waals surface area contributed by atoms with Crippen molar-refractivity contribution in [2.45, 2.75) is 20.3 Å². The summed E-state index contributed by atoms with van der Waals surface area (Å²) in [5, 5.41) is 14.4. The van der Waals surface area contributed by atoms with Crippen LogP contribution in [0.4, 0.5) is 0 Å². The fourth-order valence-corrected chi connectivity index (χ4v) is 1.42. The number of aliphatic hydroxyl groups is 1. The van der Waals surface area contributed by atoms with E-state index in [9.17, 15) is 0 Å². The molecule has 0 atom stereocenters. The molecular weight excluding hydrogens is 268 g/mol. The summed E-state index contributed by atoms with van der Waals surface area (Å²) in [5.74, 6) is 0.931. The van der Waals surface area contributed by atoms with Crippen LogP contribution in [0.15, 0.2) is 54.6 Å². The number of rotatable bonds is 3. The number of ether oxygens (including phenoxy) is 1. The Hall–Kier alpha value is -2.33. The molecule has 0 amide bonds.